The zero-order chi connectivity index (χ0) is 17.3. The molecular formula is C19H20BrN3O. The fourth-order valence-corrected chi connectivity index (χ4v) is 2.95. The Morgan fingerprint density at radius 2 is 1.79 bits per heavy atom. The van der Waals surface area contributed by atoms with Crippen LogP contribution in [0, 0.1) is 0 Å². The number of rotatable bonds is 3. The lowest BCUT2D eigenvalue weighted by Gasteiger charge is -2.20. The van der Waals surface area contributed by atoms with Gasteiger partial charge < -0.3 is 9.88 Å². The normalized spacial score (nSPS) is 11.7. The molecule has 0 aliphatic heterocycles. The van der Waals surface area contributed by atoms with Gasteiger partial charge in [-0.2, -0.15) is 0 Å². The van der Waals surface area contributed by atoms with Gasteiger partial charge in [-0.05, 0) is 36.4 Å². The van der Waals surface area contributed by atoms with Crippen molar-refractivity contribution in [1.29, 1.82) is 0 Å². The van der Waals surface area contributed by atoms with Crippen LogP contribution in [0.4, 0.5) is 5.69 Å². The number of hydrogen-bond donors (Lipinski definition) is 1. The minimum atomic E-state index is -0.142. The summed E-state index contributed by atoms with van der Waals surface area (Å²) >= 11 is 3.39. The summed E-state index contributed by atoms with van der Waals surface area (Å²) in [6, 6.07) is 15.5. The zero-order valence-electron chi connectivity index (χ0n) is 14.0. The lowest BCUT2D eigenvalue weighted by Crippen LogP contribution is -2.25. The maximum Gasteiger partial charge on any atom is 0.244 e. The fourth-order valence-electron chi connectivity index (χ4n) is 2.69. The van der Waals surface area contributed by atoms with E-state index >= 15 is 0 Å². The van der Waals surface area contributed by atoms with Crippen LogP contribution in [0.3, 0.4) is 0 Å². The largest absolute Gasteiger partial charge is 0.325 e. The highest BCUT2D eigenvalue weighted by molar-refractivity contribution is 9.10. The molecule has 5 heteroatoms. The summed E-state index contributed by atoms with van der Waals surface area (Å²) in [5, 5.41) is 2.94. The third-order valence-corrected chi connectivity index (χ3v) is 4.28. The van der Waals surface area contributed by atoms with E-state index < -0.39 is 0 Å². The van der Waals surface area contributed by atoms with Crippen LogP contribution in [-0.2, 0) is 16.8 Å². The Balaban J connectivity index is 1.91. The van der Waals surface area contributed by atoms with Crippen LogP contribution in [0.1, 0.15) is 26.6 Å². The first-order valence-corrected chi connectivity index (χ1v) is 8.65. The van der Waals surface area contributed by atoms with E-state index in [1.165, 1.54) is 0 Å². The number of benzene rings is 2. The number of carbonyl (C=O) groups is 1. The summed E-state index contributed by atoms with van der Waals surface area (Å²) in [4.78, 5) is 17.2. The molecular weight excluding hydrogens is 366 g/mol. The molecule has 1 amide bonds. The van der Waals surface area contributed by atoms with E-state index in [4.69, 9.17) is 4.98 Å². The Morgan fingerprint density at radius 1 is 1.12 bits per heavy atom. The van der Waals surface area contributed by atoms with Crippen LogP contribution in [0.25, 0.3) is 11.0 Å². The molecule has 1 heterocycles. The van der Waals surface area contributed by atoms with Crippen LogP contribution < -0.4 is 5.32 Å². The Kier molecular flexibility index (Phi) is 4.45. The molecule has 0 aliphatic carbocycles. The monoisotopic (exact) mass is 385 g/mol. The predicted octanol–water partition coefficient (Wildman–Crippen LogP) is 4.74. The zero-order valence-corrected chi connectivity index (χ0v) is 15.6. The quantitative estimate of drug-likeness (QED) is 0.707. The van der Waals surface area contributed by atoms with Gasteiger partial charge in [0, 0.05) is 15.6 Å². The van der Waals surface area contributed by atoms with Crippen molar-refractivity contribution in [3.05, 3.63) is 58.8 Å². The minimum Gasteiger partial charge on any atom is -0.325 e. The maximum atomic E-state index is 12.5. The van der Waals surface area contributed by atoms with Crippen molar-refractivity contribution in [1.82, 2.24) is 9.55 Å². The van der Waals surface area contributed by atoms with Crippen LogP contribution in [0.5, 0.6) is 0 Å². The molecule has 3 rings (SSSR count). The molecule has 0 unspecified atom stereocenters. The molecule has 0 radical (unpaired) electrons. The van der Waals surface area contributed by atoms with Crippen molar-refractivity contribution in [2.45, 2.75) is 32.7 Å². The van der Waals surface area contributed by atoms with Crippen molar-refractivity contribution >= 4 is 38.6 Å². The fraction of sp³-hybridized carbons (Fsp3) is 0.263. The standard InChI is InChI=1S/C19H20BrN3O/c1-19(2,3)18-22-15-6-4-5-7-16(15)23(18)12-17(24)21-14-10-8-13(20)9-11-14/h4-11H,12H2,1-3H3,(H,21,24). The number of hydrogen-bond acceptors (Lipinski definition) is 2. The van der Waals surface area contributed by atoms with E-state index in [0.29, 0.717) is 0 Å². The SMILES string of the molecule is CC(C)(C)c1nc2ccccc2n1CC(=O)Nc1ccc(Br)cc1. The van der Waals surface area contributed by atoms with Gasteiger partial charge in [-0.15, -0.1) is 0 Å². The molecule has 1 aromatic heterocycles. The van der Waals surface area contributed by atoms with E-state index in [2.05, 4.69) is 42.0 Å². The first-order valence-electron chi connectivity index (χ1n) is 7.86. The van der Waals surface area contributed by atoms with Gasteiger partial charge in [-0.25, -0.2) is 4.98 Å². The molecule has 2 aromatic carbocycles. The van der Waals surface area contributed by atoms with E-state index in [-0.39, 0.29) is 17.9 Å². The van der Waals surface area contributed by atoms with Crippen molar-refractivity contribution in [2.75, 3.05) is 5.32 Å². The molecule has 4 nitrogen and oxygen atoms in total. The first-order chi connectivity index (χ1) is 11.3. The number of nitrogens with one attached hydrogen (secondary N) is 1. The summed E-state index contributed by atoms with van der Waals surface area (Å²) in [7, 11) is 0. The van der Waals surface area contributed by atoms with Crippen LogP contribution >= 0.6 is 15.9 Å². The Hall–Kier alpha value is -2.14. The van der Waals surface area contributed by atoms with Crippen molar-refractivity contribution in [2.24, 2.45) is 0 Å². The summed E-state index contributed by atoms with van der Waals surface area (Å²) in [5.74, 6) is 0.848. The topological polar surface area (TPSA) is 46.9 Å². The van der Waals surface area contributed by atoms with Gasteiger partial charge in [-0.3, -0.25) is 4.79 Å². The van der Waals surface area contributed by atoms with Crippen molar-refractivity contribution in [3.8, 4) is 0 Å². The smallest absolute Gasteiger partial charge is 0.244 e. The highest BCUT2D eigenvalue weighted by atomic mass is 79.9. The molecule has 0 fully saturated rings. The number of aromatic nitrogens is 2. The number of fused-ring (bicyclic) bond motifs is 1. The number of para-hydroxylation sites is 2. The van der Waals surface area contributed by atoms with Gasteiger partial charge in [0.1, 0.15) is 12.4 Å². The second-order valence-corrected chi connectivity index (χ2v) is 7.73. The van der Waals surface area contributed by atoms with E-state index in [1.54, 1.807) is 0 Å². The number of halogens is 1. The van der Waals surface area contributed by atoms with Crippen LogP contribution in [-0.4, -0.2) is 15.5 Å². The first kappa shape index (κ1) is 16.7. The van der Waals surface area contributed by atoms with Gasteiger partial charge in [0.15, 0.2) is 0 Å². The molecule has 1 N–H and O–H groups in total. The Morgan fingerprint density at radius 3 is 2.46 bits per heavy atom. The maximum absolute atomic E-state index is 12.5. The van der Waals surface area contributed by atoms with Gasteiger partial charge in [0.05, 0.1) is 11.0 Å². The third-order valence-electron chi connectivity index (χ3n) is 3.76. The molecule has 0 spiro atoms. The number of nitrogens with zero attached hydrogens (tertiary/aromatic N) is 2. The number of amides is 1. The molecule has 124 valence electrons. The number of imidazole rings is 1. The summed E-state index contributed by atoms with van der Waals surface area (Å²) < 4.78 is 2.99. The van der Waals surface area contributed by atoms with E-state index in [0.717, 1.165) is 27.0 Å². The molecule has 24 heavy (non-hydrogen) atoms. The summed E-state index contributed by atoms with van der Waals surface area (Å²) in [5.41, 5.74) is 2.54. The summed E-state index contributed by atoms with van der Waals surface area (Å²) in [6.07, 6.45) is 0. The lowest BCUT2D eigenvalue weighted by atomic mass is 9.95. The van der Waals surface area contributed by atoms with Crippen molar-refractivity contribution < 1.29 is 4.79 Å². The highest BCUT2D eigenvalue weighted by Gasteiger charge is 2.23. The van der Waals surface area contributed by atoms with Crippen LogP contribution in [0.2, 0.25) is 0 Å². The van der Waals surface area contributed by atoms with Gasteiger partial charge in [0.25, 0.3) is 0 Å². The highest BCUT2D eigenvalue weighted by Crippen LogP contribution is 2.26. The number of anilines is 1. The van der Waals surface area contributed by atoms with Gasteiger partial charge in [0.2, 0.25) is 5.91 Å². The average Bonchev–Trinajstić information content (AvgIpc) is 2.89. The van der Waals surface area contributed by atoms with Gasteiger partial charge in [-0.1, -0.05) is 48.8 Å². The summed E-state index contributed by atoms with van der Waals surface area (Å²) in [6.45, 7) is 6.56. The molecule has 0 saturated heterocycles. The lowest BCUT2D eigenvalue weighted by molar-refractivity contribution is -0.116. The van der Waals surface area contributed by atoms with Crippen molar-refractivity contribution in [3.63, 3.8) is 0 Å². The molecule has 0 bridgehead atoms. The van der Waals surface area contributed by atoms with Gasteiger partial charge >= 0.3 is 0 Å². The number of carbonyl (C=O) groups excluding carboxylic acids is 1. The second-order valence-electron chi connectivity index (χ2n) is 6.82. The molecule has 0 saturated carbocycles. The minimum absolute atomic E-state index is 0.0639. The molecule has 0 atom stereocenters. The van der Waals surface area contributed by atoms with Crippen LogP contribution in [0.15, 0.2) is 53.0 Å². The second kappa shape index (κ2) is 6.40. The predicted molar refractivity (Wildman–Crippen MR) is 101 cm³/mol. The van der Waals surface area contributed by atoms with E-state index in [1.807, 2.05) is 53.1 Å². The van der Waals surface area contributed by atoms with E-state index in [9.17, 15) is 4.79 Å². The third kappa shape index (κ3) is 3.51. The Bertz CT molecular complexity index is 876. The molecule has 0 aliphatic rings. The Labute approximate surface area is 150 Å². The average molecular weight is 386 g/mol. The molecule has 3 aromatic rings.